The first-order valence-electron chi connectivity index (χ1n) is 6.52. The van der Waals surface area contributed by atoms with E-state index in [1.807, 2.05) is 6.07 Å². The van der Waals surface area contributed by atoms with Crippen molar-refractivity contribution in [1.29, 1.82) is 0 Å². The first-order chi connectivity index (χ1) is 8.29. The van der Waals surface area contributed by atoms with E-state index in [0.29, 0.717) is 22.9 Å². The van der Waals surface area contributed by atoms with Gasteiger partial charge in [0.05, 0.1) is 0 Å². The van der Waals surface area contributed by atoms with Gasteiger partial charge in [0.15, 0.2) is 0 Å². The van der Waals surface area contributed by atoms with Crippen molar-refractivity contribution >= 4 is 11.6 Å². The number of aromatic nitrogens is 2. The SMILES string of the molecule is Clc1cc([C@@H]2C[C@H]3C=C[C@H]2C3)nc(C2CC2)n1. The number of hydrogen-bond donors (Lipinski definition) is 0. The highest BCUT2D eigenvalue weighted by Crippen LogP contribution is 2.49. The first-order valence-corrected chi connectivity index (χ1v) is 6.90. The van der Waals surface area contributed by atoms with E-state index in [9.17, 15) is 0 Å². The van der Waals surface area contributed by atoms with Gasteiger partial charge in [-0.1, -0.05) is 23.8 Å². The first kappa shape index (κ1) is 10.1. The fraction of sp³-hybridized carbons (Fsp3) is 0.571. The summed E-state index contributed by atoms with van der Waals surface area (Å²) in [4.78, 5) is 9.13. The topological polar surface area (TPSA) is 25.8 Å². The normalized spacial score (nSPS) is 34.5. The van der Waals surface area contributed by atoms with Gasteiger partial charge >= 0.3 is 0 Å². The number of fused-ring (bicyclic) bond motifs is 2. The summed E-state index contributed by atoms with van der Waals surface area (Å²) in [6.07, 6.45) is 9.76. The molecule has 0 aliphatic heterocycles. The highest BCUT2D eigenvalue weighted by atomic mass is 35.5. The van der Waals surface area contributed by atoms with Gasteiger partial charge in [0, 0.05) is 17.5 Å². The molecule has 2 fully saturated rings. The fourth-order valence-electron chi connectivity index (χ4n) is 3.29. The molecule has 3 aliphatic carbocycles. The molecule has 0 spiro atoms. The second-order valence-corrected chi connectivity index (χ2v) is 6.02. The lowest BCUT2D eigenvalue weighted by atomic mass is 9.90. The van der Waals surface area contributed by atoms with Crippen LogP contribution in [0.25, 0.3) is 0 Å². The van der Waals surface area contributed by atoms with Crippen molar-refractivity contribution in [3.63, 3.8) is 0 Å². The van der Waals surface area contributed by atoms with Crippen molar-refractivity contribution in [2.45, 2.75) is 37.5 Å². The van der Waals surface area contributed by atoms with Crippen LogP contribution in [0.2, 0.25) is 5.15 Å². The summed E-state index contributed by atoms with van der Waals surface area (Å²) in [6, 6.07) is 1.98. The summed E-state index contributed by atoms with van der Waals surface area (Å²) in [5.41, 5.74) is 1.18. The maximum Gasteiger partial charge on any atom is 0.133 e. The van der Waals surface area contributed by atoms with Gasteiger partial charge in [0.25, 0.3) is 0 Å². The van der Waals surface area contributed by atoms with Crippen LogP contribution in [0.15, 0.2) is 18.2 Å². The van der Waals surface area contributed by atoms with Crippen LogP contribution in [0.1, 0.15) is 49.0 Å². The van der Waals surface area contributed by atoms with Crippen LogP contribution in [-0.2, 0) is 0 Å². The predicted octanol–water partition coefficient (Wildman–Crippen LogP) is 3.69. The highest BCUT2D eigenvalue weighted by molar-refractivity contribution is 6.29. The molecule has 0 radical (unpaired) electrons. The van der Waals surface area contributed by atoms with E-state index in [1.165, 1.54) is 31.4 Å². The number of nitrogens with zero attached hydrogens (tertiary/aromatic N) is 2. The molecular formula is C14H15ClN2. The molecule has 3 aliphatic rings. The van der Waals surface area contributed by atoms with Gasteiger partial charge in [-0.2, -0.15) is 0 Å². The number of hydrogen-bond acceptors (Lipinski definition) is 2. The quantitative estimate of drug-likeness (QED) is 0.588. The van der Waals surface area contributed by atoms with E-state index in [2.05, 4.69) is 17.1 Å². The number of allylic oxidation sites excluding steroid dienone is 2. The summed E-state index contributed by atoms with van der Waals surface area (Å²) >= 11 is 6.13. The average Bonchev–Trinajstić information content (AvgIpc) is 2.97. The van der Waals surface area contributed by atoms with Crippen LogP contribution < -0.4 is 0 Å². The molecule has 2 bridgehead atoms. The molecule has 0 N–H and O–H groups in total. The minimum Gasteiger partial charge on any atom is -0.237 e. The predicted molar refractivity (Wildman–Crippen MR) is 67.1 cm³/mol. The van der Waals surface area contributed by atoms with Crippen LogP contribution in [-0.4, -0.2) is 9.97 Å². The standard InChI is InChI=1S/C14H15ClN2/c15-13-7-12(16-14(17-13)9-3-4-9)11-6-8-1-2-10(11)5-8/h1-2,7-11H,3-6H2/t8-,10-,11+/m0/s1. The highest BCUT2D eigenvalue weighted by Gasteiger charge is 2.38. The zero-order chi connectivity index (χ0) is 11.4. The molecule has 1 heterocycles. The minimum absolute atomic E-state index is 0.585. The second kappa shape index (κ2) is 3.55. The third kappa shape index (κ3) is 1.70. The van der Waals surface area contributed by atoms with Crippen LogP contribution >= 0.6 is 11.6 Å². The van der Waals surface area contributed by atoms with Crippen LogP contribution in [0.3, 0.4) is 0 Å². The molecule has 0 saturated heterocycles. The van der Waals surface area contributed by atoms with Crippen LogP contribution in [0.4, 0.5) is 0 Å². The Kier molecular flexibility index (Phi) is 2.10. The zero-order valence-corrected chi connectivity index (χ0v) is 10.4. The smallest absolute Gasteiger partial charge is 0.133 e. The fourth-order valence-corrected chi connectivity index (χ4v) is 3.49. The van der Waals surface area contributed by atoms with Gasteiger partial charge in [0.2, 0.25) is 0 Å². The molecule has 2 saturated carbocycles. The van der Waals surface area contributed by atoms with Crippen molar-refractivity contribution in [2.24, 2.45) is 11.8 Å². The summed E-state index contributed by atoms with van der Waals surface area (Å²) in [7, 11) is 0. The van der Waals surface area contributed by atoms with E-state index in [-0.39, 0.29) is 0 Å². The maximum atomic E-state index is 6.13. The molecule has 0 amide bonds. The molecule has 3 atom stereocenters. The molecule has 2 nitrogen and oxygen atoms in total. The van der Waals surface area contributed by atoms with Crippen molar-refractivity contribution < 1.29 is 0 Å². The van der Waals surface area contributed by atoms with Gasteiger partial charge in [-0.15, -0.1) is 0 Å². The van der Waals surface area contributed by atoms with Gasteiger partial charge in [0.1, 0.15) is 11.0 Å². The Morgan fingerprint density at radius 3 is 2.65 bits per heavy atom. The third-order valence-electron chi connectivity index (χ3n) is 4.33. The van der Waals surface area contributed by atoms with E-state index in [4.69, 9.17) is 16.6 Å². The van der Waals surface area contributed by atoms with E-state index in [1.54, 1.807) is 0 Å². The van der Waals surface area contributed by atoms with Gasteiger partial charge in [-0.3, -0.25) is 0 Å². The Morgan fingerprint density at radius 1 is 1.12 bits per heavy atom. The largest absolute Gasteiger partial charge is 0.237 e. The molecular weight excluding hydrogens is 232 g/mol. The summed E-state index contributed by atoms with van der Waals surface area (Å²) in [5.74, 6) is 3.63. The minimum atomic E-state index is 0.585. The maximum absolute atomic E-state index is 6.13. The molecule has 88 valence electrons. The Hall–Kier alpha value is -0.890. The monoisotopic (exact) mass is 246 g/mol. The Bertz CT molecular complexity index is 493. The van der Waals surface area contributed by atoms with Crippen LogP contribution in [0, 0.1) is 11.8 Å². The lowest BCUT2D eigenvalue weighted by Crippen LogP contribution is -2.09. The molecule has 1 aromatic rings. The van der Waals surface area contributed by atoms with Gasteiger partial charge < -0.3 is 0 Å². The molecule has 3 heteroatoms. The average molecular weight is 247 g/mol. The zero-order valence-electron chi connectivity index (χ0n) is 9.64. The van der Waals surface area contributed by atoms with Gasteiger partial charge in [-0.05, 0) is 43.6 Å². The van der Waals surface area contributed by atoms with Crippen molar-refractivity contribution in [1.82, 2.24) is 9.97 Å². The third-order valence-corrected chi connectivity index (χ3v) is 4.53. The molecule has 17 heavy (non-hydrogen) atoms. The number of rotatable bonds is 2. The van der Waals surface area contributed by atoms with Crippen molar-refractivity contribution in [2.75, 3.05) is 0 Å². The molecule has 4 rings (SSSR count). The van der Waals surface area contributed by atoms with Crippen LogP contribution in [0.5, 0.6) is 0 Å². The summed E-state index contributed by atoms with van der Waals surface area (Å²) in [6.45, 7) is 0. The van der Waals surface area contributed by atoms with Crippen molar-refractivity contribution in [3.8, 4) is 0 Å². The van der Waals surface area contributed by atoms with E-state index in [0.717, 1.165) is 11.7 Å². The molecule has 1 aromatic heterocycles. The van der Waals surface area contributed by atoms with E-state index < -0.39 is 0 Å². The Labute approximate surface area is 106 Å². The second-order valence-electron chi connectivity index (χ2n) is 5.63. The molecule has 0 unspecified atom stereocenters. The van der Waals surface area contributed by atoms with Crippen molar-refractivity contribution in [3.05, 3.63) is 34.9 Å². The summed E-state index contributed by atoms with van der Waals surface area (Å²) in [5, 5.41) is 0.628. The lowest BCUT2D eigenvalue weighted by molar-refractivity contribution is 0.565. The van der Waals surface area contributed by atoms with Gasteiger partial charge in [-0.25, -0.2) is 9.97 Å². The lowest BCUT2D eigenvalue weighted by Gasteiger charge is -2.18. The number of halogens is 1. The van der Waals surface area contributed by atoms with E-state index >= 15 is 0 Å². The Balaban J connectivity index is 1.71. The molecule has 0 aromatic carbocycles. The Morgan fingerprint density at radius 2 is 2.00 bits per heavy atom. The summed E-state index contributed by atoms with van der Waals surface area (Å²) < 4.78 is 0.